The second kappa shape index (κ2) is 9.06. The predicted octanol–water partition coefficient (Wildman–Crippen LogP) is 3.03. The third kappa shape index (κ3) is 5.21. The third-order valence-corrected chi connectivity index (χ3v) is 4.25. The number of carbonyl (C=O) groups is 2. The fourth-order valence-electron chi connectivity index (χ4n) is 2.92. The molecule has 1 N–H and O–H groups in total. The molecule has 0 aliphatic carbocycles. The number of nitrogens with one attached hydrogen (secondary N) is 1. The topological polar surface area (TPSA) is 60.3 Å². The number of carbonyl (C=O) groups excluding carboxylic acids is 2. The first kappa shape index (κ1) is 18.8. The van der Waals surface area contributed by atoms with E-state index in [-0.39, 0.29) is 12.5 Å². The highest BCUT2D eigenvalue weighted by atomic mass is 16.5. The van der Waals surface area contributed by atoms with Crippen molar-refractivity contribution in [2.45, 2.75) is 40.2 Å². The molecule has 0 atom stereocenters. The number of rotatable bonds is 8. The van der Waals surface area contributed by atoms with Gasteiger partial charge in [0.05, 0.1) is 5.56 Å². The summed E-state index contributed by atoms with van der Waals surface area (Å²) in [5.41, 5.74) is 3.65. The van der Waals surface area contributed by atoms with Gasteiger partial charge in [-0.3, -0.25) is 4.79 Å². The molecule has 0 saturated heterocycles. The van der Waals surface area contributed by atoms with Crippen LogP contribution in [0.3, 0.4) is 0 Å². The molecule has 0 aliphatic rings. The van der Waals surface area contributed by atoms with Gasteiger partial charge in [0.1, 0.15) is 0 Å². The highest BCUT2D eigenvalue weighted by Gasteiger charge is 2.17. The van der Waals surface area contributed by atoms with Gasteiger partial charge in [-0.05, 0) is 45.2 Å². The van der Waals surface area contributed by atoms with Crippen LogP contribution in [-0.4, -0.2) is 29.6 Å². The summed E-state index contributed by atoms with van der Waals surface area (Å²) in [7, 11) is 0. The quantitative estimate of drug-likeness (QED) is 0.592. The van der Waals surface area contributed by atoms with Crippen LogP contribution in [0.1, 0.15) is 40.7 Å². The molecule has 0 unspecified atom stereocenters. The average molecular weight is 342 g/mol. The molecule has 2 rings (SSSR count). The van der Waals surface area contributed by atoms with Crippen LogP contribution in [0.15, 0.2) is 36.4 Å². The number of ether oxygens (including phenoxy) is 1. The van der Waals surface area contributed by atoms with E-state index in [1.165, 1.54) is 5.56 Å². The molecule has 5 nitrogen and oxygen atoms in total. The zero-order valence-electron chi connectivity index (χ0n) is 15.2. The molecule has 0 bridgehead atoms. The van der Waals surface area contributed by atoms with E-state index in [0.717, 1.165) is 30.8 Å². The van der Waals surface area contributed by atoms with E-state index in [2.05, 4.69) is 17.4 Å². The fourth-order valence-corrected chi connectivity index (χ4v) is 2.92. The van der Waals surface area contributed by atoms with Gasteiger partial charge in [-0.15, -0.1) is 0 Å². The number of esters is 1. The molecule has 1 aromatic heterocycles. The maximum Gasteiger partial charge on any atom is 0.340 e. The van der Waals surface area contributed by atoms with Crippen molar-refractivity contribution in [1.29, 1.82) is 0 Å². The molecule has 0 saturated carbocycles. The number of nitrogens with zero attached hydrogens (tertiary/aromatic N) is 1. The third-order valence-electron chi connectivity index (χ3n) is 4.25. The molecule has 134 valence electrons. The summed E-state index contributed by atoms with van der Waals surface area (Å²) in [5.74, 6) is -0.724. The molecular formula is C20H26N2O3. The van der Waals surface area contributed by atoms with Crippen molar-refractivity contribution in [3.05, 3.63) is 58.9 Å². The molecule has 1 amide bonds. The van der Waals surface area contributed by atoms with E-state index in [4.69, 9.17) is 4.74 Å². The first-order valence-corrected chi connectivity index (χ1v) is 8.67. The Morgan fingerprint density at radius 2 is 1.88 bits per heavy atom. The normalized spacial score (nSPS) is 10.5. The van der Waals surface area contributed by atoms with Crippen molar-refractivity contribution < 1.29 is 14.3 Å². The SMILES string of the molecule is CCn1c(C)cc(C(=O)OCC(=O)NCCCc2ccccc2)c1C. The van der Waals surface area contributed by atoms with Gasteiger partial charge < -0.3 is 14.6 Å². The highest BCUT2D eigenvalue weighted by molar-refractivity contribution is 5.92. The van der Waals surface area contributed by atoms with Crippen molar-refractivity contribution in [3.63, 3.8) is 0 Å². The van der Waals surface area contributed by atoms with Crippen molar-refractivity contribution in [3.8, 4) is 0 Å². The maximum atomic E-state index is 12.2. The van der Waals surface area contributed by atoms with Crippen LogP contribution < -0.4 is 5.32 Å². The van der Waals surface area contributed by atoms with E-state index < -0.39 is 5.97 Å². The standard InChI is InChI=1S/C20H26N2O3/c1-4-22-15(2)13-18(16(22)3)20(24)25-14-19(23)21-12-8-11-17-9-6-5-7-10-17/h5-7,9-10,13H,4,8,11-12,14H2,1-3H3,(H,21,23). The Bertz CT molecular complexity index is 720. The molecule has 0 radical (unpaired) electrons. The monoisotopic (exact) mass is 342 g/mol. The Balaban J connectivity index is 1.72. The van der Waals surface area contributed by atoms with Crippen LogP contribution in [-0.2, 0) is 22.5 Å². The number of hydrogen-bond acceptors (Lipinski definition) is 3. The number of amides is 1. The van der Waals surface area contributed by atoms with Gasteiger partial charge in [0.15, 0.2) is 6.61 Å². The van der Waals surface area contributed by atoms with Crippen molar-refractivity contribution >= 4 is 11.9 Å². The minimum absolute atomic E-state index is 0.250. The first-order valence-electron chi connectivity index (χ1n) is 8.67. The van der Waals surface area contributed by atoms with Crippen LogP contribution >= 0.6 is 0 Å². The predicted molar refractivity (Wildman–Crippen MR) is 97.6 cm³/mol. The second-order valence-electron chi connectivity index (χ2n) is 6.04. The average Bonchev–Trinajstić information content (AvgIpc) is 2.91. The van der Waals surface area contributed by atoms with Crippen LogP contribution in [0.25, 0.3) is 0 Å². The van der Waals surface area contributed by atoms with Crippen LogP contribution in [0, 0.1) is 13.8 Å². The van der Waals surface area contributed by atoms with E-state index in [9.17, 15) is 9.59 Å². The van der Waals surface area contributed by atoms with Gasteiger partial charge in [-0.1, -0.05) is 30.3 Å². The van der Waals surface area contributed by atoms with Gasteiger partial charge in [-0.25, -0.2) is 4.79 Å². The Kier molecular flexibility index (Phi) is 6.81. The zero-order valence-corrected chi connectivity index (χ0v) is 15.2. The largest absolute Gasteiger partial charge is 0.452 e. The summed E-state index contributed by atoms with van der Waals surface area (Å²) >= 11 is 0. The molecule has 5 heteroatoms. The number of hydrogen-bond donors (Lipinski definition) is 1. The lowest BCUT2D eigenvalue weighted by atomic mass is 10.1. The number of aromatic nitrogens is 1. The van der Waals surface area contributed by atoms with E-state index in [1.807, 2.05) is 43.5 Å². The van der Waals surface area contributed by atoms with E-state index in [0.29, 0.717) is 12.1 Å². The van der Waals surface area contributed by atoms with Crippen molar-refractivity contribution in [1.82, 2.24) is 9.88 Å². The van der Waals surface area contributed by atoms with Crippen LogP contribution in [0.4, 0.5) is 0 Å². The Morgan fingerprint density at radius 3 is 2.52 bits per heavy atom. The first-order chi connectivity index (χ1) is 12.0. The Hall–Kier alpha value is -2.56. The van der Waals surface area contributed by atoms with E-state index in [1.54, 1.807) is 6.07 Å². The summed E-state index contributed by atoms with van der Waals surface area (Å²) in [6.07, 6.45) is 1.76. The Morgan fingerprint density at radius 1 is 1.16 bits per heavy atom. The molecule has 0 fully saturated rings. The molecule has 2 aromatic rings. The lowest BCUT2D eigenvalue weighted by molar-refractivity contribution is -0.124. The van der Waals surface area contributed by atoms with E-state index >= 15 is 0 Å². The molecule has 0 aliphatic heterocycles. The maximum absolute atomic E-state index is 12.2. The Labute approximate surface area is 149 Å². The molecular weight excluding hydrogens is 316 g/mol. The summed E-state index contributed by atoms with van der Waals surface area (Å²) in [4.78, 5) is 24.0. The van der Waals surface area contributed by atoms with Gasteiger partial charge in [0.25, 0.3) is 5.91 Å². The zero-order chi connectivity index (χ0) is 18.2. The van der Waals surface area contributed by atoms with Gasteiger partial charge in [0.2, 0.25) is 0 Å². The van der Waals surface area contributed by atoms with Gasteiger partial charge >= 0.3 is 5.97 Å². The van der Waals surface area contributed by atoms with Gasteiger partial charge in [0, 0.05) is 24.5 Å². The van der Waals surface area contributed by atoms with Crippen molar-refractivity contribution in [2.75, 3.05) is 13.2 Å². The van der Waals surface area contributed by atoms with Crippen LogP contribution in [0.2, 0.25) is 0 Å². The lowest BCUT2D eigenvalue weighted by Crippen LogP contribution is -2.29. The molecule has 1 heterocycles. The van der Waals surface area contributed by atoms with Crippen LogP contribution in [0.5, 0.6) is 0 Å². The summed E-state index contributed by atoms with van der Waals surface area (Å²) < 4.78 is 7.18. The summed E-state index contributed by atoms with van der Waals surface area (Å²) in [5, 5.41) is 2.78. The fraction of sp³-hybridized carbons (Fsp3) is 0.400. The summed E-state index contributed by atoms with van der Waals surface area (Å²) in [6.45, 7) is 6.98. The number of aryl methyl sites for hydroxylation is 2. The summed E-state index contributed by atoms with van der Waals surface area (Å²) in [6, 6.07) is 11.9. The second-order valence-corrected chi connectivity index (χ2v) is 6.04. The molecule has 25 heavy (non-hydrogen) atoms. The van der Waals surface area contributed by atoms with Crippen molar-refractivity contribution in [2.24, 2.45) is 0 Å². The smallest absolute Gasteiger partial charge is 0.340 e. The minimum Gasteiger partial charge on any atom is -0.452 e. The minimum atomic E-state index is -0.452. The molecule has 1 aromatic carbocycles. The lowest BCUT2D eigenvalue weighted by Gasteiger charge is -2.08. The van der Waals surface area contributed by atoms with Gasteiger partial charge in [-0.2, -0.15) is 0 Å². The number of benzene rings is 1. The molecule has 0 spiro atoms. The highest BCUT2D eigenvalue weighted by Crippen LogP contribution is 2.15.